The average molecular weight is 321 g/mol. The van der Waals surface area contributed by atoms with E-state index in [4.69, 9.17) is 4.74 Å². The number of aromatic amines is 1. The van der Waals surface area contributed by atoms with Gasteiger partial charge in [0.25, 0.3) is 0 Å². The number of aromatic nitrogens is 1. The zero-order valence-electron chi connectivity index (χ0n) is 14.4. The highest BCUT2D eigenvalue weighted by molar-refractivity contribution is 6.04. The maximum atomic E-state index is 11.8. The first-order valence-electron chi connectivity index (χ1n) is 8.52. The Balaban J connectivity index is 2.09. The third-order valence-electron chi connectivity index (χ3n) is 4.62. The van der Waals surface area contributed by atoms with Gasteiger partial charge in [-0.15, -0.1) is 0 Å². The molecule has 0 aliphatic heterocycles. The fraction of sp³-hybridized carbons (Fsp3) is 0.286. The van der Waals surface area contributed by atoms with Gasteiger partial charge < -0.3 is 9.72 Å². The number of ether oxygens (including phenoxy) is 1. The minimum atomic E-state index is 0.484. The molecule has 0 spiro atoms. The number of rotatable bonds is 6. The Kier molecular flexibility index (Phi) is 4.70. The minimum Gasteiger partial charge on any atom is -0.494 e. The summed E-state index contributed by atoms with van der Waals surface area (Å²) >= 11 is 0. The molecule has 0 aliphatic carbocycles. The Hall–Kier alpha value is -2.55. The summed E-state index contributed by atoms with van der Waals surface area (Å²) in [5, 5.41) is 0.992. The summed E-state index contributed by atoms with van der Waals surface area (Å²) in [6.45, 7) is 6.99. The smallest absolute Gasteiger partial charge is 0.152 e. The van der Waals surface area contributed by atoms with Crippen LogP contribution in [0.5, 0.6) is 5.75 Å². The summed E-state index contributed by atoms with van der Waals surface area (Å²) in [6.07, 6.45) is 2.03. The van der Waals surface area contributed by atoms with Crippen molar-refractivity contribution in [3.05, 3.63) is 53.6 Å². The van der Waals surface area contributed by atoms with Crippen LogP contribution in [0.25, 0.3) is 22.2 Å². The molecular weight excluding hydrogens is 298 g/mol. The molecule has 1 atom stereocenters. The summed E-state index contributed by atoms with van der Waals surface area (Å²) < 4.78 is 5.49. The Morgan fingerprint density at radius 3 is 2.50 bits per heavy atom. The van der Waals surface area contributed by atoms with Crippen LogP contribution in [-0.4, -0.2) is 17.9 Å². The normalized spacial score (nSPS) is 12.3. The first-order chi connectivity index (χ1) is 11.7. The van der Waals surface area contributed by atoms with E-state index >= 15 is 0 Å². The molecular formula is C21H23NO2. The molecule has 0 amide bonds. The highest BCUT2D eigenvalue weighted by atomic mass is 16.5. The number of fused-ring (bicyclic) bond motifs is 1. The van der Waals surface area contributed by atoms with Crippen molar-refractivity contribution in [1.82, 2.24) is 4.98 Å². The molecule has 3 rings (SSSR count). The summed E-state index contributed by atoms with van der Waals surface area (Å²) in [6, 6.07) is 14.2. The molecule has 0 radical (unpaired) electrons. The maximum absolute atomic E-state index is 11.8. The van der Waals surface area contributed by atoms with Gasteiger partial charge in [-0.1, -0.05) is 19.9 Å². The predicted octanol–water partition coefficient (Wildman–Crippen LogP) is 5.56. The van der Waals surface area contributed by atoms with Gasteiger partial charge in [0.2, 0.25) is 0 Å². The number of carbonyl (C=O) groups is 1. The molecule has 0 bridgehead atoms. The van der Waals surface area contributed by atoms with Crippen LogP contribution < -0.4 is 4.74 Å². The molecule has 3 nitrogen and oxygen atoms in total. The number of nitrogens with one attached hydrogen (secondary N) is 1. The molecule has 0 fully saturated rings. The Bertz CT molecular complexity index is 846. The van der Waals surface area contributed by atoms with E-state index in [0.717, 1.165) is 46.2 Å². The average Bonchev–Trinajstić information content (AvgIpc) is 2.99. The van der Waals surface area contributed by atoms with Gasteiger partial charge in [0.05, 0.1) is 12.3 Å². The van der Waals surface area contributed by atoms with Crippen LogP contribution in [0.3, 0.4) is 0 Å². The first kappa shape index (κ1) is 16.3. The lowest BCUT2D eigenvalue weighted by molar-refractivity contribution is 0.112. The monoisotopic (exact) mass is 321 g/mol. The van der Waals surface area contributed by atoms with E-state index in [1.807, 2.05) is 31.2 Å². The fourth-order valence-electron chi connectivity index (χ4n) is 3.01. The van der Waals surface area contributed by atoms with Gasteiger partial charge in [0.1, 0.15) is 5.75 Å². The summed E-state index contributed by atoms with van der Waals surface area (Å²) in [5.74, 6) is 1.32. The molecule has 1 aromatic heterocycles. The van der Waals surface area contributed by atoms with Crippen LogP contribution in [0.15, 0.2) is 42.5 Å². The topological polar surface area (TPSA) is 42.1 Å². The Morgan fingerprint density at radius 2 is 1.88 bits per heavy atom. The second-order valence-corrected chi connectivity index (χ2v) is 6.10. The van der Waals surface area contributed by atoms with Crippen LogP contribution in [0.2, 0.25) is 0 Å². The van der Waals surface area contributed by atoms with Crippen molar-refractivity contribution in [2.24, 2.45) is 0 Å². The highest BCUT2D eigenvalue weighted by Gasteiger charge is 2.14. The molecule has 0 saturated heterocycles. The fourth-order valence-corrected chi connectivity index (χ4v) is 3.01. The summed E-state index contributed by atoms with van der Waals surface area (Å²) in [7, 11) is 0. The van der Waals surface area contributed by atoms with Crippen molar-refractivity contribution >= 4 is 17.2 Å². The summed E-state index contributed by atoms with van der Waals surface area (Å²) in [4.78, 5) is 15.1. The highest BCUT2D eigenvalue weighted by Crippen LogP contribution is 2.32. The van der Waals surface area contributed by atoms with Crippen LogP contribution in [0.1, 0.15) is 49.0 Å². The van der Waals surface area contributed by atoms with Crippen molar-refractivity contribution < 1.29 is 9.53 Å². The SMILES string of the molecule is CCOc1ccc(-c2[nH]c3ccc(C(C)CC)cc3c2C=O)cc1. The predicted molar refractivity (Wildman–Crippen MR) is 99.0 cm³/mol. The molecule has 2 aromatic carbocycles. The largest absolute Gasteiger partial charge is 0.494 e. The van der Waals surface area contributed by atoms with Crippen molar-refractivity contribution in [2.75, 3.05) is 6.61 Å². The van der Waals surface area contributed by atoms with E-state index in [-0.39, 0.29) is 0 Å². The van der Waals surface area contributed by atoms with E-state index in [0.29, 0.717) is 12.5 Å². The second-order valence-electron chi connectivity index (χ2n) is 6.10. The van der Waals surface area contributed by atoms with Gasteiger partial charge in [-0.3, -0.25) is 4.79 Å². The zero-order chi connectivity index (χ0) is 17.1. The number of benzene rings is 2. The number of H-pyrrole nitrogens is 1. The van der Waals surface area contributed by atoms with Crippen molar-refractivity contribution in [3.8, 4) is 17.0 Å². The second kappa shape index (κ2) is 6.91. The lowest BCUT2D eigenvalue weighted by Crippen LogP contribution is -1.91. The van der Waals surface area contributed by atoms with Gasteiger partial charge in [-0.2, -0.15) is 0 Å². The molecule has 124 valence electrons. The molecule has 0 saturated carbocycles. The van der Waals surface area contributed by atoms with E-state index < -0.39 is 0 Å². The van der Waals surface area contributed by atoms with Crippen molar-refractivity contribution in [1.29, 1.82) is 0 Å². The van der Waals surface area contributed by atoms with Crippen LogP contribution in [0, 0.1) is 0 Å². The molecule has 1 heterocycles. The number of hydrogen-bond donors (Lipinski definition) is 1. The Morgan fingerprint density at radius 1 is 1.12 bits per heavy atom. The van der Waals surface area contributed by atoms with E-state index in [2.05, 4.69) is 37.0 Å². The zero-order valence-corrected chi connectivity index (χ0v) is 14.4. The van der Waals surface area contributed by atoms with Crippen LogP contribution >= 0.6 is 0 Å². The van der Waals surface area contributed by atoms with Gasteiger partial charge in [-0.25, -0.2) is 0 Å². The van der Waals surface area contributed by atoms with Gasteiger partial charge >= 0.3 is 0 Å². The maximum Gasteiger partial charge on any atom is 0.152 e. The van der Waals surface area contributed by atoms with Crippen LogP contribution in [0.4, 0.5) is 0 Å². The van der Waals surface area contributed by atoms with E-state index in [1.165, 1.54) is 5.56 Å². The molecule has 1 N–H and O–H groups in total. The number of carbonyl (C=O) groups excluding carboxylic acids is 1. The summed E-state index contributed by atoms with van der Waals surface area (Å²) in [5.41, 5.74) is 4.84. The first-order valence-corrected chi connectivity index (χ1v) is 8.52. The standard InChI is InChI=1S/C21H23NO2/c1-4-14(3)16-8-11-20-18(12-16)19(13-23)21(22-20)15-6-9-17(10-7-15)24-5-2/h6-14,22H,4-5H2,1-3H3. The Labute approximate surface area is 142 Å². The molecule has 0 aliphatic rings. The molecule has 24 heavy (non-hydrogen) atoms. The van der Waals surface area contributed by atoms with E-state index in [1.54, 1.807) is 0 Å². The van der Waals surface area contributed by atoms with Gasteiger partial charge in [-0.05, 0) is 66.8 Å². The molecule has 3 heteroatoms. The van der Waals surface area contributed by atoms with E-state index in [9.17, 15) is 4.79 Å². The van der Waals surface area contributed by atoms with Crippen LogP contribution in [-0.2, 0) is 0 Å². The van der Waals surface area contributed by atoms with Crippen molar-refractivity contribution in [2.45, 2.75) is 33.1 Å². The number of hydrogen-bond acceptors (Lipinski definition) is 2. The molecule has 1 unspecified atom stereocenters. The number of aldehydes is 1. The third-order valence-corrected chi connectivity index (χ3v) is 4.62. The third kappa shape index (κ3) is 2.94. The minimum absolute atomic E-state index is 0.484. The lowest BCUT2D eigenvalue weighted by atomic mass is 9.96. The van der Waals surface area contributed by atoms with Gasteiger partial charge in [0.15, 0.2) is 6.29 Å². The lowest BCUT2D eigenvalue weighted by Gasteiger charge is -2.08. The van der Waals surface area contributed by atoms with Crippen molar-refractivity contribution in [3.63, 3.8) is 0 Å². The molecule has 3 aromatic rings. The van der Waals surface area contributed by atoms with Gasteiger partial charge in [0, 0.05) is 16.5 Å². The quantitative estimate of drug-likeness (QED) is 0.604.